The van der Waals surface area contributed by atoms with E-state index >= 15 is 0 Å². The Hall–Kier alpha value is -1.72. The molecule has 0 bridgehead atoms. The molecule has 0 saturated heterocycles. The number of carbonyl (C=O) groups excluding carboxylic acids is 1. The molecule has 1 amide bonds. The first-order valence-electron chi connectivity index (χ1n) is 2.90. The van der Waals surface area contributed by atoms with Crippen LogP contribution in [0.15, 0.2) is 27.5 Å². The standard InChI is InChI=1S/C5H7N5O/c6-5(11)3-1-2-4(8-7)10-9-3/h1-3H,7H2,(H2,6,11)/b8-4+. The highest BCUT2D eigenvalue weighted by Crippen LogP contribution is 2.01. The van der Waals surface area contributed by atoms with Crippen molar-refractivity contribution in [2.75, 3.05) is 0 Å². The largest absolute Gasteiger partial charge is 0.367 e. The van der Waals surface area contributed by atoms with Gasteiger partial charge in [0.15, 0.2) is 11.9 Å². The minimum atomic E-state index is -0.680. The molecule has 4 N–H and O–H groups in total. The van der Waals surface area contributed by atoms with E-state index < -0.39 is 11.9 Å². The second kappa shape index (κ2) is 2.91. The van der Waals surface area contributed by atoms with E-state index in [1.165, 1.54) is 12.2 Å². The first-order valence-corrected chi connectivity index (χ1v) is 2.90. The molecule has 0 radical (unpaired) electrons. The maximum Gasteiger partial charge on any atom is 0.248 e. The zero-order valence-corrected chi connectivity index (χ0v) is 5.64. The summed E-state index contributed by atoms with van der Waals surface area (Å²) in [5.41, 5.74) is 4.94. The zero-order chi connectivity index (χ0) is 8.27. The monoisotopic (exact) mass is 153 g/mol. The molecule has 0 aliphatic carbocycles. The number of carbonyl (C=O) groups is 1. The Morgan fingerprint density at radius 2 is 2.45 bits per heavy atom. The SMILES string of the molecule is N/N=C1\C=CC(C(N)=O)N=N1. The highest BCUT2D eigenvalue weighted by Gasteiger charge is 2.13. The van der Waals surface area contributed by atoms with E-state index in [-0.39, 0.29) is 5.84 Å². The molecule has 58 valence electrons. The fourth-order valence-electron chi connectivity index (χ4n) is 0.591. The molecule has 0 aromatic carbocycles. The summed E-state index contributed by atoms with van der Waals surface area (Å²) in [7, 11) is 0. The van der Waals surface area contributed by atoms with Gasteiger partial charge in [0.25, 0.3) is 0 Å². The van der Waals surface area contributed by atoms with Crippen molar-refractivity contribution < 1.29 is 4.79 Å². The summed E-state index contributed by atoms with van der Waals surface area (Å²) in [5, 5.41) is 10.3. The van der Waals surface area contributed by atoms with E-state index in [1.807, 2.05) is 0 Å². The summed E-state index contributed by atoms with van der Waals surface area (Å²) >= 11 is 0. The van der Waals surface area contributed by atoms with Crippen LogP contribution in [0.25, 0.3) is 0 Å². The molecule has 1 atom stereocenters. The number of nitrogens with two attached hydrogens (primary N) is 2. The molecule has 6 heteroatoms. The molecule has 1 unspecified atom stereocenters. The van der Waals surface area contributed by atoms with Crippen LogP contribution in [0.5, 0.6) is 0 Å². The van der Waals surface area contributed by atoms with Gasteiger partial charge in [-0.1, -0.05) is 0 Å². The van der Waals surface area contributed by atoms with Gasteiger partial charge in [0.05, 0.1) is 0 Å². The van der Waals surface area contributed by atoms with Gasteiger partial charge in [-0.2, -0.15) is 10.2 Å². The Bertz CT molecular complexity index is 238. The number of nitrogens with zero attached hydrogens (tertiary/aromatic N) is 3. The van der Waals surface area contributed by atoms with Gasteiger partial charge in [-0.3, -0.25) is 4.79 Å². The second-order valence-electron chi connectivity index (χ2n) is 1.91. The van der Waals surface area contributed by atoms with E-state index in [2.05, 4.69) is 15.3 Å². The number of hydrogen-bond acceptors (Lipinski definition) is 4. The van der Waals surface area contributed by atoms with Gasteiger partial charge in [-0.05, 0) is 12.2 Å². The average molecular weight is 153 g/mol. The average Bonchev–Trinajstić information content (AvgIpc) is 2.05. The van der Waals surface area contributed by atoms with Gasteiger partial charge in [0.2, 0.25) is 5.91 Å². The summed E-state index contributed by atoms with van der Waals surface area (Å²) < 4.78 is 0. The minimum absolute atomic E-state index is 0.280. The molecule has 0 spiro atoms. The Labute approximate surface area is 62.7 Å². The van der Waals surface area contributed by atoms with Gasteiger partial charge in [-0.15, -0.1) is 5.11 Å². The Balaban J connectivity index is 2.72. The maximum absolute atomic E-state index is 10.5. The zero-order valence-electron chi connectivity index (χ0n) is 5.64. The summed E-state index contributed by atoms with van der Waals surface area (Å²) in [4.78, 5) is 10.5. The first kappa shape index (κ1) is 7.39. The lowest BCUT2D eigenvalue weighted by Crippen LogP contribution is -2.26. The van der Waals surface area contributed by atoms with E-state index in [0.717, 1.165) is 0 Å². The fourth-order valence-corrected chi connectivity index (χ4v) is 0.591. The molecule has 1 heterocycles. The quantitative estimate of drug-likeness (QED) is 0.377. The van der Waals surface area contributed by atoms with E-state index in [4.69, 9.17) is 11.6 Å². The maximum atomic E-state index is 10.5. The fraction of sp³-hybridized carbons (Fsp3) is 0.200. The van der Waals surface area contributed by atoms with Crippen LogP contribution >= 0.6 is 0 Å². The van der Waals surface area contributed by atoms with Gasteiger partial charge < -0.3 is 11.6 Å². The Morgan fingerprint density at radius 3 is 2.82 bits per heavy atom. The van der Waals surface area contributed by atoms with Crippen molar-refractivity contribution in [3.63, 3.8) is 0 Å². The van der Waals surface area contributed by atoms with Crippen molar-refractivity contribution in [2.45, 2.75) is 6.04 Å². The van der Waals surface area contributed by atoms with Crippen LogP contribution in [0.3, 0.4) is 0 Å². The Morgan fingerprint density at radius 1 is 1.73 bits per heavy atom. The predicted molar refractivity (Wildman–Crippen MR) is 38.6 cm³/mol. The van der Waals surface area contributed by atoms with Gasteiger partial charge >= 0.3 is 0 Å². The lowest BCUT2D eigenvalue weighted by atomic mass is 10.2. The van der Waals surface area contributed by atoms with Crippen molar-refractivity contribution >= 4 is 11.7 Å². The third-order valence-electron chi connectivity index (χ3n) is 1.14. The van der Waals surface area contributed by atoms with E-state index in [0.29, 0.717) is 0 Å². The molecule has 1 rings (SSSR count). The second-order valence-corrected chi connectivity index (χ2v) is 1.91. The minimum Gasteiger partial charge on any atom is -0.367 e. The number of amidine groups is 1. The number of primary amides is 1. The number of hydrazone groups is 1. The number of rotatable bonds is 1. The number of hydrogen-bond donors (Lipinski definition) is 2. The van der Waals surface area contributed by atoms with Crippen molar-refractivity contribution in [1.82, 2.24) is 0 Å². The normalized spacial score (nSPS) is 25.8. The first-order chi connectivity index (χ1) is 5.24. The summed E-state index contributed by atoms with van der Waals surface area (Å²) in [6.45, 7) is 0. The molecule has 0 saturated carbocycles. The summed E-state index contributed by atoms with van der Waals surface area (Å²) in [6, 6.07) is -0.680. The highest BCUT2D eigenvalue weighted by molar-refractivity contribution is 5.95. The molecule has 11 heavy (non-hydrogen) atoms. The third kappa shape index (κ3) is 1.60. The van der Waals surface area contributed by atoms with Crippen LogP contribution < -0.4 is 11.6 Å². The predicted octanol–water partition coefficient (Wildman–Crippen LogP) is -0.865. The smallest absolute Gasteiger partial charge is 0.248 e. The molecule has 1 aliphatic rings. The van der Waals surface area contributed by atoms with Crippen molar-refractivity contribution in [2.24, 2.45) is 26.9 Å². The Kier molecular flexibility index (Phi) is 1.95. The number of azo groups is 1. The van der Waals surface area contributed by atoms with Crippen LogP contribution in [0.4, 0.5) is 0 Å². The van der Waals surface area contributed by atoms with Crippen LogP contribution in [0.2, 0.25) is 0 Å². The molecular weight excluding hydrogens is 146 g/mol. The highest BCUT2D eigenvalue weighted by atomic mass is 16.1. The van der Waals surface area contributed by atoms with Gasteiger partial charge in [-0.25, -0.2) is 0 Å². The number of amides is 1. The molecule has 0 fully saturated rings. The molecule has 6 nitrogen and oxygen atoms in total. The lowest BCUT2D eigenvalue weighted by molar-refractivity contribution is -0.118. The van der Waals surface area contributed by atoms with Gasteiger partial charge in [0, 0.05) is 0 Å². The van der Waals surface area contributed by atoms with Crippen LogP contribution in [-0.4, -0.2) is 17.8 Å². The van der Waals surface area contributed by atoms with E-state index in [9.17, 15) is 4.79 Å². The van der Waals surface area contributed by atoms with Crippen LogP contribution in [0.1, 0.15) is 0 Å². The van der Waals surface area contributed by atoms with Crippen LogP contribution in [-0.2, 0) is 4.79 Å². The summed E-state index contributed by atoms with van der Waals surface area (Å²) in [5.74, 6) is 4.63. The topological polar surface area (TPSA) is 106 Å². The third-order valence-corrected chi connectivity index (χ3v) is 1.14. The molecular formula is C5H7N5O. The molecule has 0 aromatic heterocycles. The van der Waals surface area contributed by atoms with Gasteiger partial charge in [0.1, 0.15) is 0 Å². The summed E-state index contributed by atoms with van der Waals surface area (Å²) in [6.07, 6.45) is 2.98. The lowest BCUT2D eigenvalue weighted by Gasteiger charge is -2.03. The molecule has 0 aromatic rings. The van der Waals surface area contributed by atoms with E-state index in [1.54, 1.807) is 0 Å². The van der Waals surface area contributed by atoms with Crippen molar-refractivity contribution in [3.05, 3.63) is 12.2 Å². The van der Waals surface area contributed by atoms with Crippen molar-refractivity contribution in [3.8, 4) is 0 Å². The molecule has 1 aliphatic heterocycles. The van der Waals surface area contributed by atoms with Crippen LogP contribution in [0, 0.1) is 0 Å². The van der Waals surface area contributed by atoms with Crippen molar-refractivity contribution in [1.29, 1.82) is 0 Å².